The first-order chi connectivity index (χ1) is 14.4. The molecule has 3 N–H and O–H groups in total. The van der Waals surface area contributed by atoms with Crippen LogP contribution in [0.25, 0.3) is 10.9 Å². The van der Waals surface area contributed by atoms with Crippen molar-refractivity contribution in [1.82, 2.24) is 15.3 Å². The van der Waals surface area contributed by atoms with E-state index in [4.69, 9.17) is 4.74 Å². The Labute approximate surface area is 172 Å². The number of hydrogen-bond donors (Lipinski definition) is 3. The van der Waals surface area contributed by atoms with Gasteiger partial charge in [-0.2, -0.15) is 0 Å². The molecule has 0 aliphatic carbocycles. The summed E-state index contributed by atoms with van der Waals surface area (Å²) in [6, 6.07) is 7.79. The predicted molar refractivity (Wildman–Crippen MR) is 109 cm³/mol. The van der Waals surface area contributed by atoms with Gasteiger partial charge in [0, 0.05) is 32.2 Å². The fraction of sp³-hybridized carbons (Fsp3) is 0.238. The van der Waals surface area contributed by atoms with E-state index in [9.17, 15) is 19.1 Å². The van der Waals surface area contributed by atoms with Crippen LogP contribution in [0.5, 0.6) is 5.75 Å². The number of hydrogen-bond acceptors (Lipinski definition) is 6. The summed E-state index contributed by atoms with van der Waals surface area (Å²) in [5, 5.41) is 16.1. The lowest BCUT2D eigenvalue weighted by molar-refractivity contribution is -0.114. The molecule has 0 bridgehead atoms. The molecule has 8 nitrogen and oxygen atoms in total. The topological polar surface area (TPSA) is 113 Å². The van der Waals surface area contributed by atoms with Gasteiger partial charge in [0.2, 0.25) is 5.91 Å². The number of aromatic hydroxyl groups is 1. The summed E-state index contributed by atoms with van der Waals surface area (Å²) in [7, 11) is 1.50. The zero-order valence-electron chi connectivity index (χ0n) is 16.5. The number of amides is 2. The van der Waals surface area contributed by atoms with Gasteiger partial charge >= 0.3 is 0 Å². The number of pyridine rings is 2. The molecule has 0 saturated heterocycles. The van der Waals surface area contributed by atoms with Gasteiger partial charge in [-0.3, -0.25) is 14.6 Å². The van der Waals surface area contributed by atoms with Crippen molar-refractivity contribution in [3.8, 4) is 5.75 Å². The molecule has 0 saturated carbocycles. The van der Waals surface area contributed by atoms with Crippen LogP contribution in [0.15, 0.2) is 36.5 Å². The second-order valence-corrected chi connectivity index (χ2v) is 6.63. The van der Waals surface area contributed by atoms with Crippen molar-refractivity contribution in [3.05, 3.63) is 59.2 Å². The van der Waals surface area contributed by atoms with Gasteiger partial charge in [-0.25, -0.2) is 9.37 Å². The molecule has 0 radical (unpaired) electrons. The van der Waals surface area contributed by atoms with E-state index in [1.807, 2.05) is 0 Å². The maximum absolute atomic E-state index is 13.1. The largest absolute Gasteiger partial charge is 0.504 e. The highest BCUT2D eigenvalue weighted by Gasteiger charge is 2.21. The number of ether oxygens (including phenoxy) is 1. The number of nitrogens with zero attached hydrogens (tertiary/aromatic N) is 2. The van der Waals surface area contributed by atoms with Crippen molar-refractivity contribution in [1.29, 1.82) is 0 Å². The first kappa shape index (κ1) is 21.1. The molecule has 0 unspecified atom stereocenters. The average molecular weight is 412 g/mol. The lowest BCUT2D eigenvalue weighted by Crippen LogP contribution is -2.28. The van der Waals surface area contributed by atoms with Gasteiger partial charge < -0.3 is 20.5 Å². The van der Waals surface area contributed by atoms with E-state index >= 15 is 0 Å². The molecule has 9 heteroatoms. The van der Waals surface area contributed by atoms with Crippen molar-refractivity contribution in [2.45, 2.75) is 13.3 Å². The molecule has 0 aliphatic rings. The maximum Gasteiger partial charge on any atom is 0.273 e. The molecule has 0 atom stereocenters. The minimum atomic E-state index is -0.616. The second-order valence-electron chi connectivity index (χ2n) is 6.63. The van der Waals surface area contributed by atoms with E-state index in [0.29, 0.717) is 18.4 Å². The number of halogens is 1. The van der Waals surface area contributed by atoms with Crippen molar-refractivity contribution in [2.24, 2.45) is 0 Å². The number of aromatic nitrogens is 2. The number of carbonyl (C=O) groups is 2. The van der Waals surface area contributed by atoms with Crippen LogP contribution in [0.3, 0.4) is 0 Å². The Balaban J connectivity index is 2.02. The number of fused-ring (bicyclic) bond motifs is 1. The van der Waals surface area contributed by atoms with E-state index in [2.05, 4.69) is 20.6 Å². The third-order valence-electron chi connectivity index (χ3n) is 4.29. The lowest BCUT2D eigenvalue weighted by atomic mass is 10.0. The van der Waals surface area contributed by atoms with Gasteiger partial charge in [0.25, 0.3) is 5.91 Å². The standard InChI is InChI=1S/C21H21FN4O4/c1-12(27)25-20-16-10-14(9-13-3-5-15(22)6-4-13)11-24-17(16)19(28)18(26-20)21(29)23-7-8-30-2/h3-6,10-11,28H,7-9H2,1-2H3,(H,23,29)(H,25,26,27). The first-order valence-electron chi connectivity index (χ1n) is 9.19. The van der Waals surface area contributed by atoms with Crippen LogP contribution in [-0.2, 0) is 16.0 Å². The summed E-state index contributed by atoms with van der Waals surface area (Å²) in [5.41, 5.74) is 1.51. The Bertz CT molecular complexity index is 1090. The van der Waals surface area contributed by atoms with Gasteiger partial charge in [0.1, 0.15) is 17.2 Å². The van der Waals surface area contributed by atoms with Crippen LogP contribution in [0.4, 0.5) is 10.2 Å². The molecule has 0 spiro atoms. The SMILES string of the molecule is COCCNC(=O)c1nc(NC(C)=O)c2cc(Cc3ccc(F)cc3)cnc2c1O. The Kier molecular flexibility index (Phi) is 6.53. The number of anilines is 1. The van der Waals surface area contributed by atoms with E-state index in [-0.39, 0.29) is 41.0 Å². The van der Waals surface area contributed by atoms with Crippen LogP contribution >= 0.6 is 0 Å². The van der Waals surface area contributed by atoms with Crippen LogP contribution in [0.2, 0.25) is 0 Å². The highest BCUT2D eigenvalue weighted by molar-refractivity contribution is 6.06. The number of nitrogens with one attached hydrogen (secondary N) is 2. The predicted octanol–water partition coefficient (Wildman–Crippen LogP) is 2.40. The summed E-state index contributed by atoms with van der Waals surface area (Å²) in [5.74, 6) is -1.60. The fourth-order valence-corrected chi connectivity index (χ4v) is 2.92. The second kappa shape index (κ2) is 9.27. The number of rotatable bonds is 7. The normalized spacial score (nSPS) is 10.8. The molecule has 3 aromatic rings. The fourth-order valence-electron chi connectivity index (χ4n) is 2.92. The molecule has 2 aromatic heterocycles. The minimum Gasteiger partial charge on any atom is -0.504 e. The van der Waals surface area contributed by atoms with Crippen LogP contribution in [0.1, 0.15) is 28.5 Å². The van der Waals surface area contributed by atoms with Crippen molar-refractivity contribution >= 4 is 28.5 Å². The molecular formula is C21H21FN4O4. The number of methoxy groups -OCH3 is 1. The Hall–Kier alpha value is -3.59. The molecular weight excluding hydrogens is 391 g/mol. The molecule has 2 amide bonds. The number of benzene rings is 1. The summed E-state index contributed by atoms with van der Waals surface area (Å²) >= 11 is 0. The molecule has 30 heavy (non-hydrogen) atoms. The quantitative estimate of drug-likeness (QED) is 0.514. The smallest absolute Gasteiger partial charge is 0.273 e. The maximum atomic E-state index is 13.1. The molecule has 3 rings (SSSR count). The Morgan fingerprint density at radius 2 is 1.93 bits per heavy atom. The summed E-state index contributed by atoms with van der Waals surface area (Å²) in [4.78, 5) is 32.5. The van der Waals surface area contributed by atoms with E-state index in [0.717, 1.165) is 11.1 Å². The Morgan fingerprint density at radius 3 is 2.60 bits per heavy atom. The van der Waals surface area contributed by atoms with Crippen LogP contribution in [-0.4, -0.2) is 47.2 Å². The zero-order valence-corrected chi connectivity index (χ0v) is 16.5. The molecule has 156 valence electrons. The third-order valence-corrected chi connectivity index (χ3v) is 4.29. The van der Waals surface area contributed by atoms with Gasteiger partial charge in [0.05, 0.1) is 6.61 Å². The highest BCUT2D eigenvalue weighted by atomic mass is 19.1. The number of carbonyl (C=O) groups excluding carboxylic acids is 2. The van der Waals surface area contributed by atoms with Gasteiger partial charge in [-0.1, -0.05) is 12.1 Å². The van der Waals surface area contributed by atoms with Crippen molar-refractivity contribution in [2.75, 3.05) is 25.6 Å². The van der Waals surface area contributed by atoms with E-state index in [1.165, 1.54) is 26.2 Å². The van der Waals surface area contributed by atoms with Crippen LogP contribution < -0.4 is 10.6 Å². The average Bonchev–Trinajstić information content (AvgIpc) is 2.71. The van der Waals surface area contributed by atoms with Crippen molar-refractivity contribution < 1.29 is 23.8 Å². The monoisotopic (exact) mass is 412 g/mol. The summed E-state index contributed by atoms with van der Waals surface area (Å²) < 4.78 is 18.0. The van der Waals surface area contributed by atoms with Crippen LogP contribution in [0, 0.1) is 5.82 Å². The molecule has 0 aliphatic heterocycles. The Morgan fingerprint density at radius 1 is 1.20 bits per heavy atom. The zero-order chi connectivity index (χ0) is 21.7. The molecule has 2 heterocycles. The molecule has 0 fully saturated rings. The minimum absolute atomic E-state index is 0.112. The van der Waals surface area contributed by atoms with Crippen molar-refractivity contribution in [3.63, 3.8) is 0 Å². The summed E-state index contributed by atoms with van der Waals surface area (Å²) in [6.07, 6.45) is 2.01. The highest BCUT2D eigenvalue weighted by Crippen LogP contribution is 2.31. The van der Waals surface area contributed by atoms with Gasteiger partial charge in [0.15, 0.2) is 11.4 Å². The van der Waals surface area contributed by atoms with E-state index < -0.39 is 5.91 Å². The lowest BCUT2D eigenvalue weighted by Gasteiger charge is -2.13. The van der Waals surface area contributed by atoms with E-state index in [1.54, 1.807) is 24.4 Å². The summed E-state index contributed by atoms with van der Waals surface area (Å²) in [6.45, 7) is 1.84. The third kappa shape index (κ3) is 4.87. The molecule has 1 aromatic carbocycles. The first-order valence-corrected chi connectivity index (χ1v) is 9.19. The van der Waals surface area contributed by atoms with Gasteiger partial charge in [-0.05, 0) is 35.7 Å². The van der Waals surface area contributed by atoms with Gasteiger partial charge in [-0.15, -0.1) is 0 Å².